The normalized spacial score (nSPS) is 19.2. The summed E-state index contributed by atoms with van der Waals surface area (Å²) >= 11 is 0. The van der Waals surface area contributed by atoms with Crippen molar-refractivity contribution >= 4 is 22.8 Å². The molecule has 1 aromatic carbocycles. The number of para-hydroxylation sites is 1. The van der Waals surface area contributed by atoms with Gasteiger partial charge in [0.05, 0.1) is 29.0 Å². The van der Waals surface area contributed by atoms with Gasteiger partial charge in [-0.1, -0.05) is 25.1 Å². The van der Waals surface area contributed by atoms with E-state index >= 15 is 0 Å². The minimum atomic E-state index is -1.64. The Bertz CT molecular complexity index is 1290. The summed E-state index contributed by atoms with van der Waals surface area (Å²) < 4.78 is 12.4. The first-order chi connectivity index (χ1) is 14.4. The van der Waals surface area contributed by atoms with E-state index in [-0.39, 0.29) is 18.6 Å². The summed E-state index contributed by atoms with van der Waals surface area (Å²) in [7, 11) is 0. The zero-order valence-electron chi connectivity index (χ0n) is 16.2. The number of carbonyl (C=O) groups excluding carboxylic acids is 1. The van der Waals surface area contributed by atoms with Crippen LogP contribution in [0.25, 0.3) is 22.3 Å². The molecule has 0 spiro atoms. The maximum absolute atomic E-state index is 13.3. The van der Waals surface area contributed by atoms with Gasteiger partial charge in [-0.05, 0) is 24.6 Å². The van der Waals surface area contributed by atoms with E-state index < -0.39 is 24.1 Å². The van der Waals surface area contributed by atoms with Gasteiger partial charge in [0.15, 0.2) is 5.60 Å². The van der Waals surface area contributed by atoms with Gasteiger partial charge < -0.3 is 19.1 Å². The molecule has 152 valence electrons. The standard InChI is InChI=1S/C22H18N2O6/c1-2-22(30-11-18(25)26)15-8-17-19-13(7-12-5-3-4-6-16(12)23-19)9-24(17)20(27)14(15)10-29-21(22)28/h3-8H,2,9-11H2,1H3,(H,25,26)/t22-/m0/s1. The number of benzene rings is 1. The highest BCUT2D eigenvalue weighted by Crippen LogP contribution is 2.40. The molecule has 4 heterocycles. The summed E-state index contributed by atoms with van der Waals surface area (Å²) in [5, 5.41) is 10.1. The van der Waals surface area contributed by atoms with Crippen molar-refractivity contribution in [3.05, 3.63) is 63.4 Å². The maximum Gasteiger partial charge on any atom is 0.343 e. The number of hydrogen-bond donors (Lipinski definition) is 1. The van der Waals surface area contributed by atoms with Gasteiger partial charge in [0.25, 0.3) is 5.56 Å². The van der Waals surface area contributed by atoms with Crippen LogP contribution in [-0.2, 0) is 37.8 Å². The third-order valence-electron chi connectivity index (χ3n) is 5.83. The molecule has 2 aliphatic rings. The summed E-state index contributed by atoms with van der Waals surface area (Å²) in [4.78, 5) is 41.8. The molecule has 0 amide bonds. The van der Waals surface area contributed by atoms with E-state index in [1.165, 1.54) is 0 Å². The van der Waals surface area contributed by atoms with Crippen LogP contribution in [0, 0.1) is 0 Å². The topological polar surface area (TPSA) is 108 Å². The Morgan fingerprint density at radius 1 is 1.30 bits per heavy atom. The minimum absolute atomic E-state index is 0.132. The van der Waals surface area contributed by atoms with Crippen LogP contribution in [0.15, 0.2) is 41.2 Å². The Labute approximate surface area is 170 Å². The zero-order valence-corrected chi connectivity index (χ0v) is 16.2. The van der Waals surface area contributed by atoms with E-state index in [0.717, 1.165) is 16.5 Å². The second kappa shape index (κ2) is 6.50. The van der Waals surface area contributed by atoms with E-state index in [4.69, 9.17) is 19.6 Å². The van der Waals surface area contributed by atoms with Crippen molar-refractivity contribution in [2.75, 3.05) is 6.61 Å². The molecule has 5 rings (SSSR count). The quantitative estimate of drug-likeness (QED) is 0.518. The van der Waals surface area contributed by atoms with Gasteiger partial charge in [-0.3, -0.25) is 4.79 Å². The molecule has 0 radical (unpaired) electrons. The predicted octanol–water partition coefficient (Wildman–Crippen LogP) is 2.19. The van der Waals surface area contributed by atoms with Crippen LogP contribution in [0.1, 0.15) is 30.0 Å². The number of carboxylic acid groups (broad SMARTS) is 1. The molecule has 0 saturated heterocycles. The summed E-state index contributed by atoms with van der Waals surface area (Å²) in [5.41, 5.74) is 1.73. The number of nitrogens with zero attached hydrogens (tertiary/aromatic N) is 2. The Morgan fingerprint density at radius 2 is 2.10 bits per heavy atom. The van der Waals surface area contributed by atoms with Crippen molar-refractivity contribution in [2.24, 2.45) is 0 Å². The van der Waals surface area contributed by atoms with Crippen LogP contribution in [0.3, 0.4) is 0 Å². The molecule has 3 aromatic rings. The van der Waals surface area contributed by atoms with E-state index in [9.17, 15) is 14.4 Å². The zero-order chi connectivity index (χ0) is 21.0. The number of rotatable bonds is 4. The monoisotopic (exact) mass is 406 g/mol. The Kier molecular flexibility index (Phi) is 4.01. The van der Waals surface area contributed by atoms with Crippen LogP contribution >= 0.6 is 0 Å². The molecule has 8 nitrogen and oxygen atoms in total. The Morgan fingerprint density at radius 3 is 2.87 bits per heavy atom. The lowest BCUT2D eigenvalue weighted by Crippen LogP contribution is -2.47. The number of hydrogen-bond acceptors (Lipinski definition) is 6. The predicted molar refractivity (Wildman–Crippen MR) is 106 cm³/mol. The van der Waals surface area contributed by atoms with Gasteiger partial charge in [0, 0.05) is 16.5 Å². The van der Waals surface area contributed by atoms with Crippen LogP contribution in [0.5, 0.6) is 0 Å². The van der Waals surface area contributed by atoms with Crippen LogP contribution < -0.4 is 5.56 Å². The van der Waals surface area contributed by atoms with Gasteiger partial charge in [-0.25, -0.2) is 14.6 Å². The van der Waals surface area contributed by atoms with Crippen LogP contribution in [0.4, 0.5) is 0 Å². The third-order valence-corrected chi connectivity index (χ3v) is 5.83. The molecule has 0 saturated carbocycles. The van der Waals surface area contributed by atoms with Crippen molar-refractivity contribution in [3.63, 3.8) is 0 Å². The summed E-state index contributed by atoms with van der Waals surface area (Å²) in [5.74, 6) is -1.90. The molecule has 0 fully saturated rings. The van der Waals surface area contributed by atoms with E-state index in [0.29, 0.717) is 29.1 Å². The van der Waals surface area contributed by atoms with Crippen LogP contribution in [0.2, 0.25) is 0 Å². The fourth-order valence-corrected chi connectivity index (χ4v) is 4.34. The highest BCUT2D eigenvalue weighted by atomic mass is 16.6. The summed E-state index contributed by atoms with van der Waals surface area (Å²) in [6.07, 6.45) is 0.132. The molecule has 30 heavy (non-hydrogen) atoms. The van der Waals surface area contributed by atoms with Gasteiger partial charge in [-0.15, -0.1) is 0 Å². The second-order valence-corrected chi connectivity index (χ2v) is 7.44. The number of cyclic esters (lactones) is 1. The number of esters is 1. The van der Waals surface area contributed by atoms with E-state index in [1.807, 2.05) is 30.3 Å². The smallest absolute Gasteiger partial charge is 0.343 e. The first-order valence-corrected chi connectivity index (χ1v) is 9.64. The fourth-order valence-electron chi connectivity index (χ4n) is 4.34. The molecule has 0 aliphatic carbocycles. The highest BCUT2D eigenvalue weighted by Gasteiger charge is 2.48. The van der Waals surface area contributed by atoms with Gasteiger partial charge in [0.1, 0.15) is 13.2 Å². The summed E-state index contributed by atoms with van der Waals surface area (Å²) in [6, 6.07) is 11.4. The lowest BCUT2D eigenvalue weighted by Gasteiger charge is -2.35. The minimum Gasteiger partial charge on any atom is -0.480 e. The maximum atomic E-state index is 13.3. The highest BCUT2D eigenvalue weighted by molar-refractivity contribution is 5.86. The molecule has 0 unspecified atom stereocenters. The van der Waals surface area contributed by atoms with Crippen LogP contribution in [-0.4, -0.2) is 33.2 Å². The van der Waals surface area contributed by atoms with Gasteiger partial charge >= 0.3 is 11.9 Å². The van der Waals surface area contributed by atoms with Crippen molar-refractivity contribution in [1.29, 1.82) is 0 Å². The largest absolute Gasteiger partial charge is 0.480 e. The van der Waals surface area contributed by atoms with Crippen molar-refractivity contribution < 1.29 is 24.2 Å². The average molecular weight is 406 g/mol. The van der Waals surface area contributed by atoms with Crippen molar-refractivity contribution in [3.8, 4) is 11.4 Å². The molecule has 8 heteroatoms. The van der Waals surface area contributed by atoms with E-state index in [1.54, 1.807) is 17.6 Å². The molecule has 2 aromatic heterocycles. The molecular weight excluding hydrogens is 388 g/mol. The van der Waals surface area contributed by atoms with Gasteiger partial charge in [-0.2, -0.15) is 0 Å². The average Bonchev–Trinajstić information content (AvgIpc) is 3.09. The first-order valence-electron chi connectivity index (χ1n) is 9.64. The first kappa shape index (κ1) is 18.5. The number of aliphatic carboxylic acids is 1. The van der Waals surface area contributed by atoms with Crippen molar-refractivity contribution in [2.45, 2.75) is 32.1 Å². The number of fused-ring (bicyclic) bond motifs is 5. The Balaban J connectivity index is 1.74. The number of carboxylic acids is 1. The molecule has 1 atom stereocenters. The Hall–Kier alpha value is -3.52. The van der Waals surface area contributed by atoms with Crippen molar-refractivity contribution in [1.82, 2.24) is 9.55 Å². The number of ether oxygens (including phenoxy) is 2. The molecule has 1 N–H and O–H groups in total. The lowest BCUT2D eigenvalue weighted by atomic mass is 9.85. The fraction of sp³-hybridized carbons (Fsp3) is 0.273. The summed E-state index contributed by atoms with van der Waals surface area (Å²) in [6.45, 7) is 1.22. The number of aromatic nitrogens is 2. The molecule has 0 bridgehead atoms. The second-order valence-electron chi connectivity index (χ2n) is 7.44. The molecular formula is C22H18N2O6. The number of carbonyl (C=O) groups is 2. The third kappa shape index (κ3) is 2.50. The van der Waals surface area contributed by atoms with E-state index in [2.05, 4.69) is 0 Å². The lowest BCUT2D eigenvalue weighted by molar-refractivity contribution is -0.184. The SMILES string of the molecule is CC[C@@]1(OCC(=O)O)C(=O)OCc2c1cc1n(c2=O)Cc2cc3ccccc3nc2-1. The molecule has 2 aliphatic heterocycles. The van der Waals surface area contributed by atoms with Gasteiger partial charge in [0.2, 0.25) is 0 Å². The number of pyridine rings is 2.